The van der Waals surface area contributed by atoms with Crippen molar-refractivity contribution in [2.45, 2.75) is 39.2 Å². The zero-order valence-electron chi connectivity index (χ0n) is 10.1. The molecule has 1 atom stereocenters. The number of carbonyl (C=O) groups is 1. The highest BCUT2D eigenvalue weighted by atomic mass is 79.9. The maximum absolute atomic E-state index is 12.0. The molecular weight excluding hydrogens is 346 g/mol. The van der Waals surface area contributed by atoms with Crippen LogP contribution in [0, 0.1) is 0 Å². The third kappa shape index (κ3) is 5.21. The Morgan fingerprint density at radius 3 is 2.41 bits per heavy atom. The van der Waals surface area contributed by atoms with E-state index in [0.29, 0.717) is 5.56 Å². The molecule has 0 saturated carbocycles. The van der Waals surface area contributed by atoms with E-state index in [9.17, 15) is 4.79 Å². The van der Waals surface area contributed by atoms with Crippen molar-refractivity contribution in [1.29, 1.82) is 0 Å². The lowest BCUT2D eigenvalue weighted by Gasteiger charge is -2.13. The molecule has 1 rings (SSSR count). The fourth-order valence-electron chi connectivity index (χ4n) is 1.57. The second-order valence-corrected chi connectivity index (χ2v) is 6.01. The molecular formula is C13H17Br2NO. The van der Waals surface area contributed by atoms with Crippen LogP contribution in [0.2, 0.25) is 0 Å². The lowest BCUT2D eigenvalue weighted by Crippen LogP contribution is -2.32. The summed E-state index contributed by atoms with van der Waals surface area (Å²) in [6.45, 7) is 4.19. The third-order valence-corrected chi connectivity index (χ3v) is 3.41. The minimum atomic E-state index is -0.0180. The minimum Gasteiger partial charge on any atom is -0.350 e. The van der Waals surface area contributed by atoms with Crippen molar-refractivity contribution < 1.29 is 4.79 Å². The Morgan fingerprint density at radius 1 is 1.29 bits per heavy atom. The van der Waals surface area contributed by atoms with Crippen molar-refractivity contribution in [2.75, 3.05) is 0 Å². The summed E-state index contributed by atoms with van der Waals surface area (Å²) >= 11 is 6.76. The van der Waals surface area contributed by atoms with Crippen LogP contribution in [0.5, 0.6) is 0 Å². The van der Waals surface area contributed by atoms with Crippen molar-refractivity contribution in [2.24, 2.45) is 0 Å². The number of unbranched alkanes of at least 4 members (excludes halogenated alkanes) is 1. The summed E-state index contributed by atoms with van der Waals surface area (Å²) in [5.74, 6) is -0.0180. The van der Waals surface area contributed by atoms with Crippen LogP contribution >= 0.6 is 31.9 Å². The molecule has 2 nitrogen and oxygen atoms in total. The minimum absolute atomic E-state index is 0.0180. The highest BCUT2D eigenvalue weighted by molar-refractivity contribution is 9.11. The van der Waals surface area contributed by atoms with Gasteiger partial charge in [0, 0.05) is 20.6 Å². The first-order valence-corrected chi connectivity index (χ1v) is 7.38. The van der Waals surface area contributed by atoms with Crippen molar-refractivity contribution in [3.8, 4) is 0 Å². The lowest BCUT2D eigenvalue weighted by atomic mass is 10.1. The molecule has 94 valence electrons. The third-order valence-electron chi connectivity index (χ3n) is 2.49. The van der Waals surface area contributed by atoms with Crippen LogP contribution in [0.15, 0.2) is 27.1 Å². The SMILES string of the molecule is CCCCC(C)NC(=O)c1cc(Br)cc(Br)c1. The monoisotopic (exact) mass is 361 g/mol. The average molecular weight is 363 g/mol. The van der Waals surface area contributed by atoms with Crippen LogP contribution in [0.1, 0.15) is 43.5 Å². The van der Waals surface area contributed by atoms with E-state index in [2.05, 4.69) is 44.1 Å². The molecule has 0 aliphatic rings. The van der Waals surface area contributed by atoms with Gasteiger partial charge in [0.2, 0.25) is 0 Å². The van der Waals surface area contributed by atoms with Crippen LogP contribution in [0.4, 0.5) is 0 Å². The van der Waals surface area contributed by atoms with E-state index in [1.54, 1.807) is 0 Å². The summed E-state index contributed by atoms with van der Waals surface area (Å²) in [6, 6.07) is 5.79. The molecule has 0 heterocycles. The molecule has 0 radical (unpaired) electrons. The quantitative estimate of drug-likeness (QED) is 0.819. The highest BCUT2D eigenvalue weighted by Crippen LogP contribution is 2.20. The lowest BCUT2D eigenvalue weighted by molar-refractivity contribution is 0.0938. The molecule has 1 unspecified atom stereocenters. The van der Waals surface area contributed by atoms with E-state index in [1.165, 1.54) is 0 Å². The maximum atomic E-state index is 12.0. The molecule has 1 aromatic carbocycles. The van der Waals surface area contributed by atoms with Crippen LogP contribution in [0.25, 0.3) is 0 Å². The Kier molecular flexibility index (Phi) is 6.20. The molecule has 4 heteroatoms. The van der Waals surface area contributed by atoms with Gasteiger partial charge in [-0.1, -0.05) is 51.6 Å². The molecule has 0 saturated heterocycles. The van der Waals surface area contributed by atoms with Crippen molar-refractivity contribution >= 4 is 37.8 Å². The summed E-state index contributed by atoms with van der Waals surface area (Å²) in [5.41, 5.74) is 0.676. The van der Waals surface area contributed by atoms with Gasteiger partial charge in [0.25, 0.3) is 5.91 Å². The van der Waals surface area contributed by atoms with E-state index >= 15 is 0 Å². The number of carbonyl (C=O) groups excluding carboxylic acids is 1. The van der Waals surface area contributed by atoms with Gasteiger partial charge in [-0.3, -0.25) is 4.79 Å². The molecule has 0 fully saturated rings. The van der Waals surface area contributed by atoms with Crippen molar-refractivity contribution in [1.82, 2.24) is 5.32 Å². The van der Waals surface area contributed by atoms with Gasteiger partial charge in [-0.2, -0.15) is 0 Å². The topological polar surface area (TPSA) is 29.1 Å². The second-order valence-electron chi connectivity index (χ2n) is 4.17. The standard InChI is InChI=1S/C13H17Br2NO/c1-3-4-5-9(2)16-13(17)10-6-11(14)8-12(15)7-10/h6-9H,3-5H2,1-2H3,(H,16,17). The summed E-state index contributed by atoms with van der Waals surface area (Å²) in [7, 11) is 0. The molecule has 1 N–H and O–H groups in total. The Bertz CT molecular complexity index is 373. The van der Waals surface area contributed by atoms with Gasteiger partial charge < -0.3 is 5.32 Å². The van der Waals surface area contributed by atoms with E-state index in [4.69, 9.17) is 0 Å². The van der Waals surface area contributed by atoms with Crippen molar-refractivity contribution in [3.63, 3.8) is 0 Å². The Labute approximate surface area is 119 Å². The first-order chi connectivity index (χ1) is 8.02. The summed E-state index contributed by atoms with van der Waals surface area (Å²) in [5, 5.41) is 3.00. The number of rotatable bonds is 5. The molecule has 0 aliphatic heterocycles. The van der Waals surface area contributed by atoms with E-state index in [0.717, 1.165) is 28.2 Å². The first-order valence-electron chi connectivity index (χ1n) is 5.80. The summed E-state index contributed by atoms with van der Waals surface area (Å²) < 4.78 is 1.80. The number of hydrogen-bond acceptors (Lipinski definition) is 1. The Morgan fingerprint density at radius 2 is 1.88 bits per heavy atom. The van der Waals surface area contributed by atoms with Gasteiger partial charge in [-0.25, -0.2) is 0 Å². The number of amides is 1. The zero-order valence-corrected chi connectivity index (χ0v) is 13.3. The number of hydrogen-bond donors (Lipinski definition) is 1. The number of nitrogens with one attached hydrogen (secondary N) is 1. The van der Waals surface area contributed by atoms with E-state index in [-0.39, 0.29) is 11.9 Å². The maximum Gasteiger partial charge on any atom is 0.251 e. The van der Waals surface area contributed by atoms with Gasteiger partial charge in [-0.05, 0) is 31.5 Å². The number of halogens is 2. The number of benzene rings is 1. The second kappa shape index (κ2) is 7.17. The first kappa shape index (κ1) is 14.7. The van der Waals surface area contributed by atoms with Crippen LogP contribution in [0.3, 0.4) is 0 Å². The Hall–Kier alpha value is -0.350. The van der Waals surface area contributed by atoms with Crippen LogP contribution in [-0.2, 0) is 0 Å². The van der Waals surface area contributed by atoms with Crippen LogP contribution < -0.4 is 5.32 Å². The largest absolute Gasteiger partial charge is 0.350 e. The summed E-state index contributed by atoms with van der Waals surface area (Å²) in [4.78, 5) is 12.0. The van der Waals surface area contributed by atoms with Gasteiger partial charge in [0.1, 0.15) is 0 Å². The molecule has 0 bridgehead atoms. The molecule has 0 spiro atoms. The Balaban J connectivity index is 2.63. The van der Waals surface area contributed by atoms with Gasteiger partial charge in [-0.15, -0.1) is 0 Å². The molecule has 17 heavy (non-hydrogen) atoms. The highest BCUT2D eigenvalue weighted by Gasteiger charge is 2.10. The fourth-order valence-corrected chi connectivity index (χ4v) is 2.87. The predicted octanol–water partition coefficient (Wildman–Crippen LogP) is 4.52. The van der Waals surface area contributed by atoms with E-state index < -0.39 is 0 Å². The molecule has 0 aliphatic carbocycles. The fraction of sp³-hybridized carbons (Fsp3) is 0.462. The molecule has 1 amide bonds. The average Bonchev–Trinajstić information content (AvgIpc) is 2.25. The van der Waals surface area contributed by atoms with Crippen molar-refractivity contribution in [3.05, 3.63) is 32.7 Å². The van der Waals surface area contributed by atoms with E-state index in [1.807, 2.05) is 25.1 Å². The predicted molar refractivity (Wildman–Crippen MR) is 78.3 cm³/mol. The van der Waals surface area contributed by atoms with Gasteiger partial charge in [0.15, 0.2) is 0 Å². The summed E-state index contributed by atoms with van der Waals surface area (Å²) in [6.07, 6.45) is 3.32. The normalized spacial score (nSPS) is 12.2. The molecule has 0 aromatic heterocycles. The zero-order chi connectivity index (χ0) is 12.8. The smallest absolute Gasteiger partial charge is 0.251 e. The molecule has 1 aromatic rings. The van der Waals surface area contributed by atoms with Gasteiger partial charge >= 0.3 is 0 Å². The van der Waals surface area contributed by atoms with Crippen LogP contribution in [-0.4, -0.2) is 11.9 Å². The van der Waals surface area contributed by atoms with Gasteiger partial charge in [0.05, 0.1) is 0 Å².